The van der Waals surface area contributed by atoms with Crippen LogP contribution < -0.4 is 11.1 Å². The van der Waals surface area contributed by atoms with Crippen LogP contribution in [0.3, 0.4) is 0 Å². The summed E-state index contributed by atoms with van der Waals surface area (Å²) in [5, 5.41) is 5.90. The molecule has 3 N–H and O–H groups in total. The van der Waals surface area contributed by atoms with Gasteiger partial charge in [0, 0.05) is 23.0 Å². The quantitative estimate of drug-likeness (QED) is 0.829. The average molecular weight is 229 g/mol. The van der Waals surface area contributed by atoms with Crippen molar-refractivity contribution >= 4 is 16.5 Å². The molecule has 0 bridgehead atoms. The zero-order valence-electron chi connectivity index (χ0n) is 10.2. The summed E-state index contributed by atoms with van der Waals surface area (Å²) in [4.78, 5) is 4.26. The van der Waals surface area contributed by atoms with Gasteiger partial charge in [-0.25, -0.2) is 0 Å². The van der Waals surface area contributed by atoms with Crippen molar-refractivity contribution < 1.29 is 0 Å². The van der Waals surface area contributed by atoms with E-state index in [2.05, 4.69) is 35.4 Å². The van der Waals surface area contributed by atoms with Gasteiger partial charge in [-0.3, -0.25) is 4.98 Å². The van der Waals surface area contributed by atoms with Crippen molar-refractivity contribution in [3.8, 4) is 0 Å². The number of nitrogens with two attached hydrogens (primary N) is 1. The molecule has 1 aromatic heterocycles. The smallest absolute Gasteiger partial charge is 0.0608 e. The molecule has 0 amide bonds. The Balaban J connectivity index is 2.18. The van der Waals surface area contributed by atoms with Gasteiger partial charge in [-0.1, -0.05) is 24.3 Å². The monoisotopic (exact) mass is 229 g/mol. The molecule has 0 aliphatic carbocycles. The van der Waals surface area contributed by atoms with Crippen LogP contribution >= 0.6 is 0 Å². The van der Waals surface area contributed by atoms with Crippen LogP contribution in [0.25, 0.3) is 10.8 Å². The van der Waals surface area contributed by atoms with Gasteiger partial charge >= 0.3 is 0 Å². The van der Waals surface area contributed by atoms with E-state index in [4.69, 9.17) is 5.73 Å². The summed E-state index contributed by atoms with van der Waals surface area (Å²) in [6, 6.07) is 8.71. The van der Waals surface area contributed by atoms with E-state index in [-0.39, 0.29) is 0 Å². The van der Waals surface area contributed by atoms with Gasteiger partial charge in [0.2, 0.25) is 0 Å². The Hall–Kier alpha value is -1.61. The number of rotatable bonds is 5. The third-order valence-corrected chi connectivity index (χ3v) is 2.91. The van der Waals surface area contributed by atoms with Gasteiger partial charge < -0.3 is 11.1 Å². The molecule has 0 saturated carbocycles. The summed E-state index contributed by atoms with van der Waals surface area (Å²) in [5.74, 6) is 0. The minimum Gasteiger partial charge on any atom is -0.381 e. The number of benzene rings is 1. The minimum atomic E-state index is 0.422. The zero-order chi connectivity index (χ0) is 12.1. The first-order valence-corrected chi connectivity index (χ1v) is 6.10. The van der Waals surface area contributed by atoms with Crippen LogP contribution in [0.1, 0.15) is 19.8 Å². The van der Waals surface area contributed by atoms with Crippen LogP contribution in [0.2, 0.25) is 0 Å². The summed E-state index contributed by atoms with van der Waals surface area (Å²) in [6.45, 7) is 2.93. The fraction of sp³-hybridized carbons (Fsp3) is 0.357. The Morgan fingerprint density at radius 1 is 1.29 bits per heavy atom. The third-order valence-electron chi connectivity index (χ3n) is 2.91. The van der Waals surface area contributed by atoms with Crippen LogP contribution in [0.5, 0.6) is 0 Å². The molecule has 0 saturated heterocycles. The van der Waals surface area contributed by atoms with E-state index < -0.39 is 0 Å². The van der Waals surface area contributed by atoms with E-state index in [0.717, 1.165) is 25.1 Å². The Morgan fingerprint density at radius 2 is 2.12 bits per heavy atom. The van der Waals surface area contributed by atoms with E-state index in [1.165, 1.54) is 10.8 Å². The average Bonchev–Trinajstić information content (AvgIpc) is 2.37. The summed E-state index contributed by atoms with van der Waals surface area (Å²) in [7, 11) is 0. The highest BCUT2D eigenvalue weighted by molar-refractivity contribution is 5.92. The topological polar surface area (TPSA) is 50.9 Å². The number of nitrogens with one attached hydrogen (secondary N) is 1. The second-order valence-electron chi connectivity index (χ2n) is 4.38. The largest absolute Gasteiger partial charge is 0.381 e. The Labute approximate surface area is 102 Å². The molecule has 1 heterocycles. The third kappa shape index (κ3) is 2.94. The number of pyridine rings is 1. The molecular formula is C14H19N3. The van der Waals surface area contributed by atoms with Crippen molar-refractivity contribution in [2.75, 3.05) is 11.9 Å². The van der Waals surface area contributed by atoms with Crippen LogP contribution in [-0.4, -0.2) is 17.6 Å². The lowest BCUT2D eigenvalue weighted by molar-refractivity contribution is 0.663. The minimum absolute atomic E-state index is 0.422. The molecule has 2 aromatic rings. The van der Waals surface area contributed by atoms with Gasteiger partial charge in [0.25, 0.3) is 0 Å². The molecule has 0 aliphatic heterocycles. The fourth-order valence-electron chi connectivity index (χ4n) is 1.99. The SMILES string of the molecule is CC(CCCN)Nc1cncc2ccccc12. The standard InChI is InChI=1S/C14H19N3/c1-11(5-4-8-15)17-14-10-16-9-12-6-2-3-7-13(12)14/h2-3,6-7,9-11,17H,4-5,8,15H2,1H3. The van der Waals surface area contributed by atoms with E-state index >= 15 is 0 Å². The van der Waals surface area contributed by atoms with Gasteiger partial charge in [0.1, 0.15) is 0 Å². The van der Waals surface area contributed by atoms with Gasteiger partial charge in [-0.05, 0) is 26.3 Å². The molecule has 3 nitrogen and oxygen atoms in total. The number of nitrogens with zero attached hydrogens (tertiary/aromatic N) is 1. The number of anilines is 1. The maximum atomic E-state index is 5.52. The molecule has 1 atom stereocenters. The highest BCUT2D eigenvalue weighted by atomic mass is 14.9. The van der Waals surface area contributed by atoms with Crippen LogP contribution in [0, 0.1) is 0 Å². The molecular weight excluding hydrogens is 210 g/mol. The summed E-state index contributed by atoms with van der Waals surface area (Å²) >= 11 is 0. The number of fused-ring (bicyclic) bond motifs is 1. The number of hydrogen-bond acceptors (Lipinski definition) is 3. The predicted octanol–water partition coefficient (Wildman–Crippen LogP) is 2.77. The van der Waals surface area contributed by atoms with Crippen molar-refractivity contribution in [2.24, 2.45) is 5.73 Å². The predicted molar refractivity (Wildman–Crippen MR) is 73.1 cm³/mol. The van der Waals surface area contributed by atoms with Crippen LogP contribution in [0.15, 0.2) is 36.7 Å². The van der Waals surface area contributed by atoms with Crippen molar-refractivity contribution in [3.63, 3.8) is 0 Å². The fourth-order valence-corrected chi connectivity index (χ4v) is 1.99. The van der Waals surface area contributed by atoms with Gasteiger partial charge in [0.15, 0.2) is 0 Å². The second kappa shape index (κ2) is 5.64. The van der Waals surface area contributed by atoms with Gasteiger partial charge in [-0.2, -0.15) is 0 Å². The first kappa shape index (κ1) is 11.9. The molecule has 0 spiro atoms. The van der Waals surface area contributed by atoms with E-state index in [1.54, 1.807) is 0 Å². The van der Waals surface area contributed by atoms with E-state index in [9.17, 15) is 0 Å². The van der Waals surface area contributed by atoms with Gasteiger partial charge in [0.05, 0.1) is 11.9 Å². The molecule has 90 valence electrons. The first-order chi connectivity index (χ1) is 8.31. The highest BCUT2D eigenvalue weighted by Crippen LogP contribution is 2.22. The first-order valence-electron chi connectivity index (χ1n) is 6.10. The molecule has 0 radical (unpaired) electrons. The second-order valence-corrected chi connectivity index (χ2v) is 4.38. The zero-order valence-corrected chi connectivity index (χ0v) is 10.2. The molecule has 17 heavy (non-hydrogen) atoms. The summed E-state index contributed by atoms with van der Waals surface area (Å²) < 4.78 is 0. The molecule has 0 aliphatic rings. The lowest BCUT2D eigenvalue weighted by Gasteiger charge is -2.16. The molecule has 0 fully saturated rings. The van der Waals surface area contributed by atoms with Crippen molar-refractivity contribution in [2.45, 2.75) is 25.8 Å². The summed E-state index contributed by atoms with van der Waals surface area (Å²) in [6.07, 6.45) is 5.92. The molecule has 1 unspecified atom stereocenters. The lowest BCUT2D eigenvalue weighted by atomic mass is 10.1. The highest BCUT2D eigenvalue weighted by Gasteiger charge is 2.04. The van der Waals surface area contributed by atoms with Gasteiger partial charge in [-0.15, -0.1) is 0 Å². The molecule has 1 aromatic carbocycles. The van der Waals surface area contributed by atoms with Crippen LogP contribution in [-0.2, 0) is 0 Å². The van der Waals surface area contributed by atoms with Crippen molar-refractivity contribution in [3.05, 3.63) is 36.7 Å². The maximum absolute atomic E-state index is 5.52. The van der Waals surface area contributed by atoms with Crippen LogP contribution in [0.4, 0.5) is 5.69 Å². The summed E-state index contributed by atoms with van der Waals surface area (Å²) in [5.41, 5.74) is 6.62. The number of aromatic nitrogens is 1. The molecule has 3 heteroatoms. The lowest BCUT2D eigenvalue weighted by Crippen LogP contribution is -2.17. The molecule has 2 rings (SSSR count). The van der Waals surface area contributed by atoms with Crippen molar-refractivity contribution in [1.29, 1.82) is 0 Å². The van der Waals surface area contributed by atoms with E-state index in [0.29, 0.717) is 6.04 Å². The number of hydrogen-bond donors (Lipinski definition) is 2. The Kier molecular flexibility index (Phi) is 3.94. The van der Waals surface area contributed by atoms with Crippen molar-refractivity contribution in [1.82, 2.24) is 4.98 Å². The van der Waals surface area contributed by atoms with E-state index in [1.807, 2.05) is 18.5 Å². The normalized spacial score (nSPS) is 12.6. The maximum Gasteiger partial charge on any atom is 0.0608 e. The Morgan fingerprint density at radius 3 is 2.94 bits per heavy atom. The Bertz CT molecular complexity index is 476.